The van der Waals surface area contributed by atoms with Crippen molar-refractivity contribution in [3.8, 4) is 5.75 Å². The van der Waals surface area contributed by atoms with Gasteiger partial charge in [0.05, 0.1) is 12.0 Å². The minimum atomic E-state index is -3.63. The lowest BCUT2D eigenvalue weighted by Crippen LogP contribution is -2.14. The molecule has 0 bridgehead atoms. The highest BCUT2D eigenvalue weighted by Crippen LogP contribution is 2.24. The van der Waals surface area contributed by atoms with Crippen molar-refractivity contribution in [1.29, 1.82) is 0 Å². The van der Waals surface area contributed by atoms with Crippen molar-refractivity contribution in [2.45, 2.75) is 11.3 Å². The van der Waals surface area contributed by atoms with E-state index in [1.807, 2.05) is 6.07 Å². The molecule has 112 valence electrons. The Morgan fingerprint density at radius 3 is 2.48 bits per heavy atom. The zero-order valence-electron chi connectivity index (χ0n) is 11.7. The number of hydrogen-bond donors (Lipinski definition) is 2. The quantitative estimate of drug-likeness (QED) is 0.855. The topological polar surface area (TPSA) is 81.4 Å². The number of ether oxygens (including phenoxy) is 1. The van der Waals surface area contributed by atoms with Crippen LogP contribution in [0, 0.1) is 0 Å². The fraction of sp³-hybridized carbons (Fsp3) is 0.200. The molecule has 0 radical (unpaired) electrons. The third-order valence-electron chi connectivity index (χ3n) is 3.00. The number of anilines is 1. The van der Waals surface area contributed by atoms with Gasteiger partial charge in [-0.3, -0.25) is 4.72 Å². The van der Waals surface area contributed by atoms with Crippen LogP contribution < -0.4 is 15.2 Å². The van der Waals surface area contributed by atoms with Crippen molar-refractivity contribution in [2.24, 2.45) is 5.73 Å². The fourth-order valence-electron chi connectivity index (χ4n) is 1.99. The largest absolute Gasteiger partial charge is 0.496 e. The SMILES string of the molecule is COc1ccc(S(=O)(=O)Nc2ccccc2)cc1CCN. The molecular weight excluding hydrogens is 288 g/mol. The molecule has 2 aromatic rings. The van der Waals surface area contributed by atoms with Gasteiger partial charge >= 0.3 is 0 Å². The Balaban J connectivity index is 2.34. The normalized spacial score (nSPS) is 11.1. The molecular formula is C15H18N2O3S. The molecule has 0 heterocycles. The lowest BCUT2D eigenvalue weighted by molar-refractivity contribution is 0.409. The first kappa shape index (κ1) is 15.3. The second kappa shape index (κ2) is 6.60. The van der Waals surface area contributed by atoms with Gasteiger partial charge in [-0.25, -0.2) is 8.42 Å². The van der Waals surface area contributed by atoms with E-state index in [1.54, 1.807) is 43.5 Å². The molecule has 0 fully saturated rings. The van der Waals surface area contributed by atoms with Crippen LogP contribution in [0.4, 0.5) is 5.69 Å². The first-order valence-corrected chi connectivity index (χ1v) is 8.00. The summed E-state index contributed by atoms with van der Waals surface area (Å²) in [6.07, 6.45) is 0.553. The van der Waals surface area contributed by atoms with Crippen molar-refractivity contribution in [3.63, 3.8) is 0 Å². The van der Waals surface area contributed by atoms with Gasteiger partial charge in [-0.15, -0.1) is 0 Å². The molecule has 5 nitrogen and oxygen atoms in total. The Morgan fingerprint density at radius 2 is 1.86 bits per heavy atom. The second-order valence-corrected chi connectivity index (χ2v) is 6.17. The summed E-state index contributed by atoms with van der Waals surface area (Å²) in [7, 11) is -2.08. The number of nitrogens with one attached hydrogen (secondary N) is 1. The van der Waals surface area contributed by atoms with E-state index in [4.69, 9.17) is 10.5 Å². The van der Waals surface area contributed by atoms with E-state index in [0.717, 1.165) is 5.56 Å². The summed E-state index contributed by atoms with van der Waals surface area (Å²) >= 11 is 0. The van der Waals surface area contributed by atoms with Crippen LogP contribution in [0.3, 0.4) is 0 Å². The zero-order valence-corrected chi connectivity index (χ0v) is 12.6. The average Bonchev–Trinajstić information content (AvgIpc) is 2.48. The highest BCUT2D eigenvalue weighted by molar-refractivity contribution is 7.92. The van der Waals surface area contributed by atoms with E-state index in [9.17, 15) is 8.42 Å². The van der Waals surface area contributed by atoms with Crippen LogP contribution in [0.1, 0.15) is 5.56 Å². The summed E-state index contributed by atoms with van der Waals surface area (Å²) in [6, 6.07) is 13.5. The molecule has 0 saturated heterocycles. The van der Waals surface area contributed by atoms with E-state index < -0.39 is 10.0 Å². The highest BCUT2D eigenvalue weighted by Gasteiger charge is 2.16. The molecule has 0 aliphatic rings. The van der Waals surface area contributed by atoms with Gasteiger partial charge in [-0.05, 0) is 48.9 Å². The van der Waals surface area contributed by atoms with Crippen molar-refractivity contribution in [1.82, 2.24) is 0 Å². The second-order valence-electron chi connectivity index (χ2n) is 4.48. The average molecular weight is 306 g/mol. The number of sulfonamides is 1. The molecule has 0 amide bonds. The third kappa shape index (κ3) is 3.74. The number of methoxy groups -OCH3 is 1. The molecule has 3 N–H and O–H groups in total. The Labute approximate surface area is 124 Å². The number of rotatable bonds is 6. The molecule has 0 atom stereocenters. The van der Waals surface area contributed by atoms with Crippen LogP contribution in [0.5, 0.6) is 5.75 Å². The van der Waals surface area contributed by atoms with Crippen molar-refractivity contribution >= 4 is 15.7 Å². The fourth-order valence-corrected chi connectivity index (χ4v) is 3.10. The lowest BCUT2D eigenvalue weighted by atomic mass is 10.1. The van der Waals surface area contributed by atoms with Gasteiger partial charge in [0, 0.05) is 5.69 Å². The van der Waals surface area contributed by atoms with Gasteiger partial charge in [0.2, 0.25) is 0 Å². The minimum absolute atomic E-state index is 0.190. The van der Waals surface area contributed by atoms with Crippen LogP contribution in [-0.4, -0.2) is 22.1 Å². The maximum absolute atomic E-state index is 12.4. The Bertz CT molecular complexity index is 700. The Morgan fingerprint density at radius 1 is 1.14 bits per heavy atom. The predicted molar refractivity (Wildman–Crippen MR) is 83.0 cm³/mol. The monoisotopic (exact) mass is 306 g/mol. The van der Waals surface area contributed by atoms with E-state index in [2.05, 4.69) is 4.72 Å². The number of para-hydroxylation sites is 1. The molecule has 21 heavy (non-hydrogen) atoms. The molecule has 0 spiro atoms. The highest BCUT2D eigenvalue weighted by atomic mass is 32.2. The number of hydrogen-bond acceptors (Lipinski definition) is 4. The molecule has 6 heteroatoms. The third-order valence-corrected chi connectivity index (χ3v) is 4.38. The Kier molecular flexibility index (Phi) is 4.82. The summed E-state index contributed by atoms with van der Waals surface area (Å²) < 4.78 is 32.5. The molecule has 2 aromatic carbocycles. The maximum atomic E-state index is 12.4. The summed E-state index contributed by atoms with van der Waals surface area (Å²) in [6.45, 7) is 0.423. The van der Waals surface area contributed by atoms with Crippen molar-refractivity contribution in [2.75, 3.05) is 18.4 Å². The van der Waals surface area contributed by atoms with E-state index in [-0.39, 0.29) is 4.90 Å². The van der Waals surface area contributed by atoms with Gasteiger partial charge in [-0.2, -0.15) is 0 Å². The van der Waals surface area contributed by atoms with Crippen LogP contribution in [-0.2, 0) is 16.4 Å². The van der Waals surface area contributed by atoms with Crippen LogP contribution in [0.25, 0.3) is 0 Å². The van der Waals surface area contributed by atoms with Gasteiger partial charge in [0.25, 0.3) is 10.0 Å². The first-order chi connectivity index (χ1) is 10.1. The van der Waals surface area contributed by atoms with E-state index in [0.29, 0.717) is 24.4 Å². The predicted octanol–water partition coefficient (Wildman–Crippen LogP) is 2.00. The zero-order chi connectivity index (χ0) is 15.3. The standard InChI is InChI=1S/C15H18N2O3S/c1-20-15-8-7-14(11-12(15)9-10-16)21(18,19)17-13-5-3-2-4-6-13/h2-8,11,17H,9-10,16H2,1H3. The van der Waals surface area contributed by atoms with Gasteiger partial charge < -0.3 is 10.5 Å². The van der Waals surface area contributed by atoms with Gasteiger partial charge in [0.15, 0.2) is 0 Å². The van der Waals surface area contributed by atoms with Crippen LogP contribution in [0.15, 0.2) is 53.4 Å². The number of nitrogens with two attached hydrogens (primary N) is 1. The molecule has 0 aromatic heterocycles. The van der Waals surface area contributed by atoms with E-state index in [1.165, 1.54) is 6.07 Å². The van der Waals surface area contributed by atoms with E-state index >= 15 is 0 Å². The van der Waals surface area contributed by atoms with Gasteiger partial charge in [-0.1, -0.05) is 18.2 Å². The van der Waals surface area contributed by atoms with Crippen LogP contribution in [0.2, 0.25) is 0 Å². The molecule has 0 unspecified atom stereocenters. The number of benzene rings is 2. The van der Waals surface area contributed by atoms with Crippen LogP contribution >= 0.6 is 0 Å². The molecule has 0 saturated carbocycles. The van der Waals surface area contributed by atoms with Crippen molar-refractivity contribution < 1.29 is 13.2 Å². The smallest absolute Gasteiger partial charge is 0.261 e. The van der Waals surface area contributed by atoms with Gasteiger partial charge in [0.1, 0.15) is 5.75 Å². The maximum Gasteiger partial charge on any atom is 0.261 e. The minimum Gasteiger partial charge on any atom is -0.496 e. The summed E-state index contributed by atoms with van der Waals surface area (Å²) in [5.41, 5.74) is 6.84. The summed E-state index contributed by atoms with van der Waals surface area (Å²) in [4.78, 5) is 0.190. The molecule has 0 aliphatic heterocycles. The summed E-state index contributed by atoms with van der Waals surface area (Å²) in [5.74, 6) is 0.638. The molecule has 0 aliphatic carbocycles. The lowest BCUT2D eigenvalue weighted by Gasteiger charge is -2.12. The Hall–Kier alpha value is -2.05. The first-order valence-electron chi connectivity index (χ1n) is 6.51. The summed E-state index contributed by atoms with van der Waals surface area (Å²) in [5, 5.41) is 0. The molecule has 2 rings (SSSR count). The van der Waals surface area contributed by atoms with Crippen molar-refractivity contribution in [3.05, 3.63) is 54.1 Å².